The average Bonchev–Trinajstić information content (AvgIpc) is 2.83. The highest BCUT2D eigenvalue weighted by molar-refractivity contribution is 14.0. The lowest BCUT2D eigenvalue weighted by Crippen LogP contribution is -2.42. The molecule has 1 aliphatic heterocycles. The van der Waals surface area contributed by atoms with Gasteiger partial charge in [0.1, 0.15) is 0 Å². The Hall–Kier alpha value is -0.0200. The second-order valence-electron chi connectivity index (χ2n) is 4.51. The van der Waals surface area contributed by atoms with E-state index in [1.165, 1.54) is 4.88 Å². The summed E-state index contributed by atoms with van der Waals surface area (Å²) in [5, 5.41) is 1.15. The van der Waals surface area contributed by atoms with Gasteiger partial charge in [-0.25, -0.2) is 4.98 Å². The predicted molar refractivity (Wildman–Crippen MR) is 96.1 cm³/mol. The van der Waals surface area contributed by atoms with Crippen molar-refractivity contribution in [3.8, 4) is 0 Å². The van der Waals surface area contributed by atoms with E-state index in [2.05, 4.69) is 28.7 Å². The van der Waals surface area contributed by atoms with Gasteiger partial charge in [0, 0.05) is 41.6 Å². The molecule has 1 unspecified atom stereocenters. The SMILES string of the molecule is Cc1cnc(C(C)CN=C(N)N2CCSCC2)s1.I. The summed E-state index contributed by atoms with van der Waals surface area (Å²) in [4.78, 5) is 12.3. The Kier molecular flexibility index (Phi) is 7.45. The van der Waals surface area contributed by atoms with Gasteiger partial charge in [-0.15, -0.1) is 35.3 Å². The molecule has 1 atom stereocenters. The van der Waals surface area contributed by atoms with Crippen molar-refractivity contribution >= 4 is 53.0 Å². The lowest BCUT2D eigenvalue weighted by Gasteiger charge is -2.27. The van der Waals surface area contributed by atoms with Crippen LogP contribution in [0, 0.1) is 6.92 Å². The van der Waals surface area contributed by atoms with Crippen molar-refractivity contribution in [2.45, 2.75) is 19.8 Å². The zero-order valence-electron chi connectivity index (χ0n) is 11.3. The Bertz CT molecular complexity index is 416. The third kappa shape index (κ3) is 5.11. The number of guanidine groups is 1. The molecule has 1 aliphatic rings. The fourth-order valence-electron chi connectivity index (χ4n) is 1.80. The van der Waals surface area contributed by atoms with Gasteiger partial charge in [0.05, 0.1) is 11.6 Å². The normalized spacial score (nSPS) is 18.0. The van der Waals surface area contributed by atoms with Gasteiger partial charge >= 0.3 is 0 Å². The van der Waals surface area contributed by atoms with Gasteiger partial charge in [-0.2, -0.15) is 11.8 Å². The highest BCUT2D eigenvalue weighted by atomic mass is 127. The summed E-state index contributed by atoms with van der Waals surface area (Å²) in [6.45, 7) is 7.00. The minimum absolute atomic E-state index is 0. The van der Waals surface area contributed by atoms with E-state index in [0.717, 1.165) is 36.1 Å². The number of thioether (sulfide) groups is 1. The highest BCUT2D eigenvalue weighted by Crippen LogP contribution is 2.21. The van der Waals surface area contributed by atoms with Crippen LogP contribution in [0.3, 0.4) is 0 Å². The molecule has 1 aromatic heterocycles. The Balaban J connectivity index is 0.00000180. The van der Waals surface area contributed by atoms with Crippen LogP contribution in [-0.4, -0.2) is 47.0 Å². The van der Waals surface area contributed by atoms with Crippen LogP contribution in [0.4, 0.5) is 0 Å². The van der Waals surface area contributed by atoms with E-state index in [1.807, 2.05) is 18.0 Å². The Labute approximate surface area is 140 Å². The first-order valence-corrected chi connectivity index (χ1v) is 8.19. The van der Waals surface area contributed by atoms with Gasteiger partial charge in [-0.1, -0.05) is 6.92 Å². The molecule has 2 heterocycles. The topological polar surface area (TPSA) is 54.5 Å². The molecule has 2 rings (SSSR count). The lowest BCUT2D eigenvalue weighted by atomic mass is 10.2. The number of thiazole rings is 1. The molecule has 0 bridgehead atoms. The number of aryl methyl sites for hydroxylation is 1. The van der Waals surface area contributed by atoms with E-state index in [4.69, 9.17) is 5.73 Å². The molecule has 0 aliphatic carbocycles. The average molecular weight is 412 g/mol. The van der Waals surface area contributed by atoms with Gasteiger partial charge in [-0.05, 0) is 6.92 Å². The third-order valence-corrected chi connectivity index (χ3v) is 5.01. The number of aliphatic imine (C=N–C) groups is 1. The molecule has 1 saturated heterocycles. The second kappa shape index (κ2) is 8.31. The van der Waals surface area contributed by atoms with Crippen molar-refractivity contribution in [2.75, 3.05) is 31.1 Å². The molecule has 0 spiro atoms. The van der Waals surface area contributed by atoms with Crippen LogP contribution in [0.1, 0.15) is 22.7 Å². The maximum atomic E-state index is 6.03. The molecular weight excluding hydrogens is 391 g/mol. The van der Waals surface area contributed by atoms with E-state index in [1.54, 1.807) is 11.3 Å². The molecule has 7 heteroatoms. The first-order valence-electron chi connectivity index (χ1n) is 6.21. The molecule has 1 aromatic rings. The molecule has 1 fully saturated rings. The van der Waals surface area contributed by atoms with Crippen LogP contribution in [0.15, 0.2) is 11.2 Å². The Morgan fingerprint density at radius 2 is 2.21 bits per heavy atom. The number of hydrogen-bond acceptors (Lipinski definition) is 4. The monoisotopic (exact) mass is 412 g/mol. The van der Waals surface area contributed by atoms with Crippen LogP contribution in [0.2, 0.25) is 0 Å². The summed E-state index contributed by atoms with van der Waals surface area (Å²) in [5.74, 6) is 3.34. The Morgan fingerprint density at radius 1 is 1.53 bits per heavy atom. The fourth-order valence-corrected chi connectivity index (χ4v) is 3.52. The van der Waals surface area contributed by atoms with Crippen molar-refractivity contribution in [1.82, 2.24) is 9.88 Å². The molecule has 19 heavy (non-hydrogen) atoms. The highest BCUT2D eigenvalue weighted by Gasteiger charge is 2.13. The van der Waals surface area contributed by atoms with Gasteiger partial charge < -0.3 is 10.6 Å². The van der Waals surface area contributed by atoms with Gasteiger partial charge in [-0.3, -0.25) is 4.99 Å². The second-order valence-corrected chi connectivity index (χ2v) is 7.00. The van der Waals surface area contributed by atoms with Crippen LogP contribution >= 0.6 is 47.1 Å². The van der Waals surface area contributed by atoms with Crippen LogP contribution in [0.25, 0.3) is 0 Å². The summed E-state index contributed by atoms with van der Waals surface area (Å²) in [6.07, 6.45) is 1.92. The molecule has 2 N–H and O–H groups in total. The number of halogens is 1. The smallest absolute Gasteiger partial charge is 0.191 e. The third-order valence-electron chi connectivity index (χ3n) is 2.92. The first kappa shape index (κ1) is 17.0. The minimum Gasteiger partial charge on any atom is -0.370 e. The zero-order chi connectivity index (χ0) is 13.0. The first-order chi connectivity index (χ1) is 8.66. The Morgan fingerprint density at radius 3 is 2.79 bits per heavy atom. The van der Waals surface area contributed by atoms with Crippen molar-refractivity contribution in [1.29, 1.82) is 0 Å². The maximum absolute atomic E-state index is 6.03. The predicted octanol–water partition coefficient (Wildman–Crippen LogP) is 2.54. The molecule has 0 aromatic carbocycles. The van der Waals surface area contributed by atoms with Crippen molar-refractivity contribution in [3.05, 3.63) is 16.1 Å². The van der Waals surface area contributed by atoms with E-state index < -0.39 is 0 Å². The number of nitrogens with zero attached hydrogens (tertiary/aromatic N) is 3. The summed E-state index contributed by atoms with van der Waals surface area (Å²) in [7, 11) is 0. The summed E-state index contributed by atoms with van der Waals surface area (Å²) in [6, 6.07) is 0. The quantitative estimate of drug-likeness (QED) is 0.471. The number of rotatable bonds is 3. The number of hydrogen-bond donors (Lipinski definition) is 1. The molecular formula is C12H21IN4S2. The largest absolute Gasteiger partial charge is 0.370 e. The van der Waals surface area contributed by atoms with Crippen LogP contribution < -0.4 is 5.73 Å². The molecule has 0 amide bonds. The van der Waals surface area contributed by atoms with E-state index in [0.29, 0.717) is 11.9 Å². The molecule has 0 saturated carbocycles. The van der Waals surface area contributed by atoms with Gasteiger partial charge in [0.25, 0.3) is 0 Å². The zero-order valence-corrected chi connectivity index (χ0v) is 15.3. The summed E-state index contributed by atoms with van der Waals surface area (Å²) in [5.41, 5.74) is 6.03. The maximum Gasteiger partial charge on any atom is 0.191 e. The molecule has 4 nitrogen and oxygen atoms in total. The van der Waals surface area contributed by atoms with Gasteiger partial charge in [0.15, 0.2) is 5.96 Å². The standard InChI is InChI=1S/C12H20N4S2.HI/c1-9(11-14-8-10(2)18-11)7-15-12(13)16-3-5-17-6-4-16;/h8-9H,3-7H2,1-2H3,(H2,13,15);1H. The van der Waals surface area contributed by atoms with E-state index >= 15 is 0 Å². The summed E-state index contributed by atoms with van der Waals surface area (Å²) < 4.78 is 0. The van der Waals surface area contributed by atoms with E-state index in [-0.39, 0.29) is 24.0 Å². The van der Waals surface area contributed by atoms with Crippen molar-refractivity contribution < 1.29 is 0 Å². The van der Waals surface area contributed by atoms with E-state index in [9.17, 15) is 0 Å². The number of aromatic nitrogens is 1. The lowest BCUT2D eigenvalue weighted by molar-refractivity contribution is 0.455. The minimum atomic E-state index is 0. The van der Waals surface area contributed by atoms with Crippen molar-refractivity contribution in [2.24, 2.45) is 10.7 Å². The van der Waals surface area contributed by atoms with Crippen LogP contribution in [0.5, 0.6) is 0 Å². The van der Waals surface area contributed by atoms with Gasteiger partial charge in [0.2, 0.25) is 0 Å². The fraction of sp³-hybridized carbons (Fsp3) is 0.667. The summed E-state index contributed by atoms with van der Waals surface area (Å²) >= 11 is 3.72. The number of nitrogens with two attached hydrogens (primary N) is 1. The molecule has 0 radical (unpaired) electrons. The molecule has 108 valence electrons. The van der Waals surface area contributed by atoms with Crippen LogP contribution in [-0.2, 0) is 0 Å². The van der Waals surface area contributed by atoms with Crippen molar-refractivity contribution in [3.63, 3.8) is 0 Å².